The molecule has 0 bridgehead atoms. The fourth-order valence-corrected chi connectivity index (χ4v) is 1.62. The first kappa shape index (κ1) is 8.26. The van der Waals surface area contributed by atoms with E-state index in [1.165, 1.54) is 17.7 Å². The van der Waals surface area contributed by atoms with Gasteiger partial charge in [0.2, 0.25) is 0 Å². The average molecular weight is 177 g/mol. The van der Waals surface area contributed by atoms with E-state index in [0.717, 1.165) is 11.3 Å². The van der Waals surface area contributed by atoms with Crippen LogP contribution in [0.15, 0.2) is 18.2 Å². The molecule has 0 saturated carbocycles. The number of aryl methyl sites for hydroxylation is 1. The first-order valence-corrected chi connectivity index (χ1v) is 4.19. The van der Waals surface area contributed by atoms with Gasteiger partial charge >= 0.3 is 0 Å². The van der Waals surface area contributed by atoms with Gasteiger partial charge in [-0.25, -0.2) is 0 Å². The number of carbonyl (C=O) groups is 1. The number of amides is 1. The highest BCUT2D eigenvalue weighted by Crippen LogP contribution is 2.29. The van der Waals surface area contributed by atoms with Crippen LogP contribution in [-0.2, 0) is 16.1 Å². The number of rotatable bonds is 1. The van der Waals surface area contributed by atoms with Crippen molar-refractivity contribution >= 4 is 11.6 Å². The van der Waals surface area contributed by atoms with Crippen LogP contribution in [-0.4, -0.2) is 13.0 Å². The highest BCUT2D eigenvalue weighted by molar-refractivity contribution is 5.99. The van der Waals surface area contributed by atoms with Gasteiger partial charge in [0.25, 0.3) is 5.91 Å². The van der Waals surface area contributed by atoms with E-state index in [-0.39, 0.29) is 5.91 Å². The van der Waals surface area contributed by atoms with Gasteiger partial charge < -0.3 is 0 Å². The molecular formula is C10H11NO2. The number of hydroxylamine groups is 1. The maximum absolute atomic E-state index is 11.4. The van der Waals surface area contributed by atoms with Gasteiger partial charge in [0.05, 0.1) is 19.2 Å². The Morgan fingerprint density at radius 3 is 2.92 bits per heavy atom. The molecule has 0 unspecified atom stereocenters. The Morgan fingerprint density at radius 1 is 1.46 bits per heavy atom. The van der Waals surface area contributed by atoms with Crippen LogP contribution in [0.3, 0.4) is 0 Å². The van der Waals surface area contributed by atoms with Crippen LogP contribution in [0.1, 0.15) is 11.1 Å². The number of hydrogen-bond acceptors (Lipinski definition) is 2. The van der Waals surface area contributed by atoms with Crippen LogP contribution < -0.4 is 5.06 Å². The molecular weight excluding hydrogens is 166 g/mol. The topological polar surface area (TPSA) is 29.5 Å². The molecule has 1 amide bonds. The first-order chi connectivity index (χ1) is 6.22. The Bertz CT molecular complexity index is 360. The molecule has 0 N–H and O–H groups in total. The van der Waals surface area contributed by atoms with Crippen LogP contribution in [0.2, 0.25) is 0 Å². The molecule has 3 heteroatoms. The van der Waals surface area contributed by atoms with E-state index in [2.05, 4.69) is 0 Å². The predicted molar refractivity (Wildman–Crippen MR) is 49.4 cm³/mol. The molecule has 2 rings (SSSR count). The lowest BCUT2D eigenvalue weighted by molar-refractivity contribution is -0.123. The second-order valence-electron chi connectivity index (χ2n) is 3.18. The fourth-order valence-electron chi connectivity index (χ4n) is 1.62. The summed E-state index contributed by atoms with van der Waals surface area (Å²) in [5.74, 6) is 0.00287. The molecule has 0 aliphatic carbocycles. The fraction of sp³-hybridized carbons (Fsp3) is 0.300. The second-order valence-corrected chi connectivity index (χ2v) is 3.18. The molecule has 13 heavy (non-hydrogen) atoms. The summed E-state index contributed by atoms with van der Waals surface area (Å²) in [6.07, 6.45) is 0.449. The standard InChI is InChI=1S/C10H11NO2/c1-7-3-4-9-8(5-7)6-10(12)11(9)13-2/h3-5H,6H2,1-2H3. The predicted octanol–water partition coefficient (Wildman–Crippen LogP) is 1.45. The van der Waals surface area contributed by atoms with Crippen LogP contribution in [0.5, 0.6) is 0 Å². The number of hydrogen-bond donors (Lipinski definition) is 0. The van der Waals surface area contributed by atoms with E-state index in [9.17, 15) is 4.79 Å². The summed E-state index contributed by atoms with van der Waals surface area (Å²) >= 11 is 0. The van der Waals surface area contributed by atoms with Gasteiger partial charge in [-0.3, -0.25) is 9.63 Å². The summed E-state index contributed by atoms with van der Waals surface area (Å²) in [5.41, 5.74) is 3.09. The highest BCUT2D eigenvalue weighted by atomic mass is 16.7. The molecule has 1 aliphatic rings. The molecule has 0 fully saturated rings. The van der Waals surface area contributed by atoms with Crippen molar-refractivity contribution < 1.29 is 9.63 Å². The molecule has 1 aromatic rings. The molecule has 0 spiro atoms. The maximum Gasteiger partial charge on any atom is 0.255 e. The Balaban J connectivity index is 2.48. The molecule has 0 aromatic heterocycles. The van der Waals surface area contributed by atoms with Crippen molar-refractivity contribution in [2.75, 3.05) is 12.2 Å². The third-order valence-electron chi connectivity index (χ3n) is 2.20. The third kappa shape index (κ3) is 1.21. The Kier molecular flexibility index (Phi) is 1.81. The third-order valence-corrected chi connectivity index (χ3v) is 2.20. The average Bonchev–Trinajstić information content (AvgIpc) is 2.39. The quantitative estimate of drug-likeness (QED) is 0.649. The van der Waals surface area contributed by atoms with Crippen molar-refractivity contribution in [1.29, 1.82) is 0 Å². The molecule has 0 atom stereocenters. The summed E-state index contributed by atoms with van der Waals surface area (Å²) in [4.78, 5) is 16.3. The minimum atomic E-state index is 0.00287. The van der Waals surface area contributed by atoms with Gasteiger partial charge in [0, 0.05) is 0 Å². The zero-order valence-electron chi connectivity index (χ0n) is 7.70. The van der Waals surface area contributed by atoms with Crippen molar-refractivity contribution in [3.05, 3.63) is 29.3 Å². The lowest BCUT2D eigenvalue weighted by Gasteiger charge is -2.12. The van der Waals surface area contributed by atoms with Crippen LogP contribution in [0.4, 0.5) is 5.69 Å². The SMILES string of the molecule is CON1C(=O)Cc2cc(C)ccc21. The smallest absolute Gasteiger partial charge is 0.255 e. The minimum absolute atomic E-state index is 0.00287. The molecule has 68 valence electrons. The summed E-state index contributed by atoms with van der Waals surface area (Å²) in [6, 6.07) is 5.91. The lowest BCUT2D eigenvalue weighted by atomic mass is 10.1. The molecule has 1 aliphatic heterocycles. The van der Waals surface area contributed by atoms with Gasteiger partial charge in [-0.15, -0.1) is 0 Å². The number of carbonyl (C=O) groups excluding carboxylic acids is 1. The summed E-state index contributed by atoms with van der Waals surface area (Å²) < 4.78 is 0. The highest BCUT2D eigenvalue weighted by Gasteiger charge is 2.27. The van der Waals surface area contributed by atoms with Gasteiger partial charge in [0.1, 0.15) is 0 Å². The number of anilines is 1. The Labute approximate surface area is 76.9 Å². The summed E-state index contributed by atoms with van der Waals surface area (Å²) in [7, 11) is 1.51. The summed E-state index contributed by atoms with van der Waals surface area (Å²) in [5, 5.41) is 1.34. The van der Waals surface area contributed by atoms with E-state index in [1.54, 1.807) is 0 Å². The van der Waals surface area contributed by atoms with Crippen molar-refractivity contribution in [3.63, 3.8) is 0 Å². The summed E-state index contributed by atoms with van der Waals surface area (Å²) in [6.45, 7) is 2.01. The number of benzene rings is 1. The number of fused-ring (bicyclic) bond motifs is 1. The van der Waals surface area contributed by atoms with Gasteiger partial charge in [0.15, 0.2) is 0 Å². The van der Waals surface area contributed by atoms with E-state index in [1.807, 2.05) is 25.1 Å². The van der Waals surface area contributed by atoms with Crippen molar-refractivity contribution in [2.45, 2.75) is 13.3 Å². The normalized spacial score (nSPS) is 14.9. The molecule has 1 heterocycles. The molecule has 0 radical (unpaired) electrons. The minimum Gasteiger partial charge on any atom is -0.272 e. The maximum atomic E-state index is 11.4. The molecule has 1 aromatic carbocycles. The van der Waals surface area contributed by atoms with Crippen molar-refractivity contribution in [3.8, 4) is 0 Å². The van der Waals surface area contributed by atoms with Crippen LogP contribution in [0.25, 0.3) is 0 Å². The Hall–Kier alpha value is -1.35. The van der Waals surface area contributed by atoms with Crippen molar-refractivity contribution in [2.24, 2.45) is 0 Å². The van der Waals surface area contributed by atoms with E-state index >= 15 is 0 Å². The van der Waals surface area contributed by atoms with E-state index in [4.69, 9.17) is 4.84 Å². The number of nitrogens with zero attached hydrogens (tertiary/aromatic N) is 1. The lowest BCUT2D eigenvalue weighted by Crippen LogP contribution is -2.24. The molecule has 0 saturated heterocycles. The Morgan fingerprint density at radius 2 is 2.23 bits per heavy atom. The van der Waals surface area contributed by atoms with Gasteiger partial charge in [-0.2, -0.15) is 5.06 Å². The van der Waals surface area contributed by atoms with E-state index < -0.39 is 0 Å². The zero-order chi connectivity index (χ0) is 9.42. The largest absolute Gasteiger partial charge is 0.272 e. The van der Waals surface area contributed by atoms with E-state index in [0.29, 0.717) is 6.42 Å². The monoisotopic (exact) mass is 177 g/mol. The van der Waals surface area contributed by atoms with Crippen LogP contribution >= 0.6 is 0 Å². The zero-order valence-corrected chi connectivity index (χ0v) is 7.70. The van der Waals surface area contributed by atoms with Gasteiger partial charge in [-0.1, -0.05) is 17.7 Å². The molecule has 3 nitrogen and oxygen atoms in total. The van der Waals surface area contributed by atoms with Gasteiger partial charge in [-0.05, 0) is 18.6 Å². The second kappa shape index (κ2) is 2.85. The van der Waals surface area contributed by atoms with Crippen LogP contribution in [0, 0.1) is 6.92 Å². The first-order valence-electron chi connectivity index (χ1n) is 4.19. The van der Waals surface area contributed by atoms with Crippen molar-refractivity contribution in [1.82, 2.24) is 0 Å².